The van der Waals surface area contributed by atoms with Crippen LogP contribution in [0.4, 0.5) is 0 Å². The molecule has 1 aromatic rings. The summed E-state index contributed by atoms with van der Waals surface area (Å²) in [6, 6.07) is 5.55. The second-order valence-electron chi connectivity index (χ2n) is 3.94. The maximum Gasteiger partial charge on any atom is 0.123 e. The van der Waals surface area contributed by atoms with Crippen LogP contribution >= 0.6 is 11.6 Å². The third kappa shape index (κ3) is 4.46. The monoisotopic (exact) mass is 272 g/mol. The summed E-state index contributed by atoms with van der Waals surface area (Å²) in [4.78, 5) is 0. The van der Waals surface area contributed by atoms with Crippen LogP contribution in [0.5, 0.6) is 5.75 Å². The fourth-order valence-electron chi connectivity index (χ4n) is 1.84. The van der Waals surface area contributed by atoms with Gasteiger partial charge in [-0.3, -0.25) is 11.3 Å². The maximum atomic E-state index is 6.01. The number of methoxy groups -OCH3 is 1. The van der Waals surface area contributed by atoms with Gasteiger partial charge in [0.25, 0.3) is 0 Å². The third-order valence-electron chi connectivity index (χ3n) is 2.75. The van der Waals surface area contributed by atoms with Gasteiger partial charge in [-0.1, -0.05) is 11.6 Å². The van der Waals surface area contributed by atoms with Crippen LogP contribution in [-0.2, 0) is 4.74 Å². The Morgan fingerprint density at radius 3 is 2.83 bits per heavy atom. The molecule has 102 valence electrons. The molecule has 0 aromatic heterocycles. The molecule has 0 spiro atoms. The predicted octanol–water partition coefficient (Wildman–Crippen LogP) is 2.67. The van der Waals surface area contributed by atoms with Crippen molar-refractivity contribution in [3.05, 3.63) is 28.8 Å². The molecule has 0 saturated heterocycles. The molecule has 0 fully saturated rings. The Balaban J connectivity index is 2.71. The van der Waals surface area contributed by atoms with Crippen molar-refractivity contribution in [2.45, 2.75) is 25.8 Å². The minimum atomic E-state index is 0.0131. The Morgan fingerprint density at radius 2 is 2.22 bits per heavy atom. The lowest BCUT2D eigenvalue weighted by Crippen LogP contribution is -2.28. The van der Waals surface area contributed by atoms with E-state index in [2.05, 4.69) is 5.43 Å². The summed E-state index contributed by atoms with van der Waals surface area (Å²) in [7, 11) is 1.64. The number of hydrazine groups is 1. The van der Waals surface area contributed by atoms with Crippen LogP contribution in [-0.4, -0.2) is 20.3 Å². The van der Waals surface area contributed by atoms with Gasteiger partial charge in [-0.25, -0.2) is 0 Å². The van der Waals surface area contributed by atoms with Crippen molar-refractivity contribution in [3.63, 3.8) is 0 Å². The lowest BCUT2D eigenvalue weighted by Gasteiger charge is -2.19. The van der Waals surface area contributed by atoms with Gasteiger partial charge >= 0.3 is 0 Å². The number of halogens is 1. The number of ether oxygens (including phenoxy) is 2. The van der Waals surface area contributed by atoms with Gasteiger partial charge in [-0.2, -0.15) is 0 Å². The first kappa shape index (κ1) is 15.2. The van der Waals surface area contributed by atoms with Gasteiger partial charge in [-0.15, -0.1) is 0 Å². The quantitative estimate of drug-likeness (QED) is 0.434. The molecule has 1 rings (SSSR count). The molecule has 0 bridgehead atoms. The molecule has 0 amide bonds. The topological polar surface area (TPSA) is 56.5 Å². The summed E-state index contributed by atoms with van der Waals surface area (Å²) in [6.07, 6.45) is 1.80. The molecule has 18 heavy (non-hydrogen) atoms. The second-order valence-corrected chi connectivity index (χ2v) is 4.38. The van der Waals surface area contributed by atoms with E-state index in [1.807, 2.05) is 19.1 Å². The van der Waals surface area contributed by atoms with Gasteiger partial charge in [0, 0.05) is 29.8 Å². The van der Waals surface area contributed by atoms with Gasteiger partial charge in [0.1, 0.15) is 5.75 Å². The Hall–Kier alpha value is -0.810. The van der Waals surface area contributed by atoms with Gasteiger partial charge in [0.15, 0.2) is 0 Å². The van der Waals surface area contributed by atoms with E-state index in [4.69, 9.17) is 26.9 Å². The summed E-state index contributed by atoms with van der Waals surface area (Å²) >= 11 is 6.01. The Morgan fingerprint density at radius 1 is 1.44 bits per heavy atom. The van der Waals surface area contributed by atoms with Gasteiger partial charge in [0.05, 0.1) is 7.11 Å². The van der Waals surface area contributed by atoms with Crippen LogP contribution in [0, 0.1) is 0 Å². The molecule has 1 unspecified atom stereocenters. The highest BCUT2D eigenvalue weighted by Crippen LogP contribution is 2.30. The highest BCUT2D eigenvalue weighted by Gasteiger charge is 2.15. The average molecular weight is 273 g/mol. The Labute approximate surface area is 113 Å². The second kappa shape index (κ2) is 8.32. The molecule has 1 atom stereocenters. The number of nitrogens with one attached hydrogen (secondary N) is 1. The van der Waals surface area contributed by atoms with Crippen LogP contribution in [0.3, 0.4) is 0 Å². The molecular formula is C13H21ClN2O2. The number of rotatable bonds is 8. The summed E-state index contributed by atoms with van der Waals surface area (Å²) in [5.74, 6) is 6.39. The fraction of sp³-hybridized carbons (Fsp3) is 0.538. The maximum absolute atomic E-state index is 6.01. The molecule has 5 heteroatoms. The summed E-state index contributed by atoms with van der Waals surface area (Å²) in [6.45, 7) is 3.46. The molecule has 4 nitrogen and oxygen atoms in total. The van der Waals surface area contributed by atoms with Crippen molar-refractivity contribution in [2.24, 2.45) is 5.84 Å². The first-order chi connectivity index (χ1) is 8.72. The molecule has 3 N–H and O–H groups in total. The standard InChI is InChI=1S/C13H21ClN2O2/c1-3-18-8-4-5-12(16-15)11-9-10(14)6-7-13(11)17-2/h6-7,9,12,16H,3-5,8,15H2,1-2H3. The normalized spacial score (nSPS) is 12.4. The van der Waals surface area contributed by atoms with E-state index in [-0.39, 0.29) is 6.04 Å². The number of hydrogen-bond donors (Lipinski definition) is 2. The highest BCUT2D eigenvalue weighted by molar-refractivity contribution is 6.30. The van der Waals surface area contributed by atoms with Crippen LogP contribution < -0.4 is 16.0 Å². The molecule has 0 saturated carbocycles. The largest absolute Gasteiger partial charge is 0.496 e. The van der Waals surface area contributed by atoms with Crippen molar-refractivity contribution < 1.29 is 9.47 Å². The van der Waals surface area contributed by atoms with E-state index < -0.39 is 0 Å². The van der Waals surface area contributed by atoms with Crippen LogP contribution in [0.2, 0.25) is 5.02 Å². The van der Waals surface area contributed by atoms with Crippen LogP contribution in [0.15, 0.2) is 18.2 Å². The van der Waals surface area contributed by atoms with Crippen molar-refractivity contribution in [1.82, 2.24) is 5.43 Å². The highest BCUT2D eigenvalue weighted by atomic mass is 35.5. The fourth-order valence-corrected chi connectivity index (χ4v) is 2.02. The van der Waals surface area contributed by atoms with E-state index >= 15 is 0 Å². The van der Waals surface area contributed by atoms with Crippen LogP contribution in [0.25, 0.3) is 0 Å². The van der Waals surface area contributed by atoms with E-state index in [9.17, 15) is 0 Å². The molecule has 1 aromatic carbocycles. The summed E-state index contributed by atoms with van der Waals surface area (Å²) in [5, 5.41) is 0.677. The summed E-state index contributed by atoms with van der Waals surface area (Å²) < 4.78 is 10.6. The summed E-state index contributed by atoms with van der Waals surface area (Å²) in [5.41, 5.74) is 3.78. The smallest absolute Gasteiger partial charge is 0.123 e. The first-order valence-electron chi connectivity index (χ1n) is 6.10. The average Bonchev–Trinajstić information content (AvgIpc) is 2.39. The van der Waals surface area contributed by atoms with Crippen molar-refractivity contribution in [2.75, 3.05) is 20.3 Å². The van der Waals surface area contributed by atoms with Crippen molar-refractivity contribution in [1.29, 1.82) is 0 Å². The molecule has 0 aliphatic rings. The van der Waals surface area contributed by atoms with Crippen molar-refractivity contribution in [3.8, 4) is 5.75 Å². The van der Waals surface area contributed by atoms with Crippen LogP contribution in [0.1, 0.15) is 31.4 Å². The van der Waals surface area contributed by atoms with Crippen molar-refractivity contribution >= 4 is 11.6 Å². The minimum Gasteiger partial charge on any atom is -0.496 e. The minimum absolute atomic E-state index is 0.0131. The third-order valence-corrected chi connectivity index (χ3v) is 2.99. The van der Waals surface area contributed by atoms with Gasteiger partial charge in [0.2, 0.25) is 0 Å². The van der Waals surface area contributed by atoms with E-state index in [0.29, 0.717) is 5.02 Å². The predicted molar refractivity (Wildman–Crippen MR) is 73.8 cm³/mol. The SMILES string of the molecule is CCOCCCC(NN)c1cc(Cl)ccc1OC. The lowest BCUT2D eigenvalue weighted by atomic mass is 10.0. The van der Waals surface area contributed by atoms with E-state index in [1.165, 1.54) is 0 Å². The zero-order valence-electron chi connectivity index (χ0n) is 10.9. The Bertz CT molecular complexity index is 361. The molecule has 0 aliphatic carbocycles. The van der Waals surface area contributed by atoms with E-state index in [1.54, 1.807) is 13.2 Å². The van der Waals surface area contributed by atoms with E-state index in [0.717, 1.165) is 37.4 Å². The zero-order valence-corrected chi connectivity index (χ0v) is 11.7. The Kier molecular flexibility index (Phi) is 7.05. The zero-order chi connectivity index (χ0) is 13.4. The first-order valence-corrected chi connectivity index (χ1v) is 6.48. The molecule has 0 radical (unpaired) electrons. The molecule has 0 aliphatic heterocycles. The number of hydrogen-bond acceptors (Lipinski definition) is 4. The lowest BCUT2D eigenvalue weighted by molar-refractivity contribution is 0.140. The molecular weight excluding hydrogens is 252 g/mol. The number of nitrogens with two attached hydrogens (primary N) is 1. The van der Waals surface area contributed by atoms with Gasteiger partial charge in [-0.05, 0) is 38.0 Å². The van der Waals surface area contributed by atoms with Gasteiger partial charge < -0.3 is 9.47 Å². The number of benzene rings is 1. The molecule has 0 heterocycles.